The van der Waals surface area contributed by atoms with Gasteiger partial charge in [0.2, 0.25) is 10.0 Å². The number of sulfonamides is 1. The fourth-order valence-corrected chi connectivity index (χ4v) is 5.71. The number of allylic oxidation sites excluding steroid dienone is 1. The van der Waals surface area contributed by atoms with Gasteiger partial charge in [0.05, 0.1) is 15.6 Å². The summed E-state index contributed by atoms with van der Waals surface area (Å²) < 4.78 is 40.2. The number of H-pyrrole nitrogens is 1. The highest BCUT2D eigenvalue weighted by Crippen LogP contribution is 2.40. The van der Waals surface area contributed by atoms with Crippen LogP contribution in [0.5, 0.6) is 0 Å². The van der Waals surface area contributed by atoms with E-state index in [-0.39, 0.29) is 9.92 Å². The summed E-state index contributed by atoms with van der Waals surface area (Å²) in [5.41, 5.74) is 8.09. The first-order valence-corrected chi connectivity index (χ1v) is 14.4. The van der Waals surface area contributed by atoms with E-state index in [1.165, 1.54) is 18.7 Å². The van der Waals surface area contributed by atoms with Gasteiger partial charge in [-0.05, 0) is 85.6 Å². The van der Waals surface area contributed by atoms with Crippen molar-refractivity contribution in [3.8, 4) is 22.4 Å². The molecule has 6 nitrogen and oxygen atoms in total. The molecular weight excluding hydrogens is 535 g/mol. The lowest BCUT2D eigenvalue weighted by atomic mass is 9.92. The third kappa shape index (κ3) is 5.68. The molecule has 9 heteroatoms. The van der Waals surface area contributed by atoms with Crippen LogP contribution in [0.2, 0.25) is 5.02 Å². The van der Waals surface area contributed by atoms with Crippen molar-refractivity contribution in [3.05, 3.63) is 107 Å². The van der Waals surface area contributed by atoms with Crippen LogP contribution >= 0.6 is 11.6 Å². The molecule has 2 N–H and O–H groups in total. The van der Waals surface area contributed by atoms with Crippen LogP contribution in [-0.2, 0) is 10.0 Å². The Morgan fingerprint density at radius 1 is 1.10 bits per heavy atom. The first kappa shape index (κ1) is 26.9. The fraction of sp³-hybridized carbons (Fsp3) is 0.167. The third-order valence-corrected chi connectivity index (χ3v) is 8.67. The Bertz CT molecular complexity index is 1660. The van der Waals surface area contributed by atoms with E-state index in [0.29, 0.717) is 0 Å². The van der Waals surface area contributed by atoms with E-state index in [1.807, 2.05) is 30.5 Å². The second kappa shape index (κ2) is 11.2. The highest BCUT2D eigenvalue weighted by Gasteiger charge is 2.21. The molecule has 0 unspecified atom stereocenters. The predicted molar refractivity (Wildman–Crippen MR) is 155 cm³/mol. The lowest BCUT2D eigenvalue weighted by Crippen LogP contribution is -2.26. The molecule has 0 radical (unpaired) electrons. The number of aromatic nitrogens is 2. The van der Waals surface area contributed by atoms with Crippen molar-refractivity contribution in [2.24, 2.45) is 0 Å². The zero-order chi connectivity index (χ0) is 27.6. The SMILES string of the molecule is CNS(=O)(=O)c1ccc(C=C(C)N2CC=C(c3c[nH]c(-c4ccc(F)c(Cl)c4)c3-c3ccncc3)CC2)cc1. The van der Waals surface area contributed by atoms with Crippen molar-refractivity contribution in [2.75, 3.05) is 20.1 Å². The molecule has 1 aliphatic heterocycles. The van der Waals surface area contributed by atoms with E-state index in [9.17, 15) is 12.8 Å². The lowest BCUT2D eigenvalue weighted by Gasteiger charge is -2.29. The smallest absolute Gasteiger partial charge is 0.240 e. The number of nitrogens with one attached hydrogen (secondary N) is 2. The summed E-state index contributed by atoms with van der Waals surface area (Å²) in [7, 11) is -2.06. The molecule has 0 spiro atoms. The summed E-state index contributed by atoms with van der Waals surface area (Å²) in [6, 6.07) is 15.5. The van der Waals surface area contributed by atoms with Gasteiger partial charge in [-0.1, -0.05) is 29.8 Å². The Morgan fingerprint density at radius 2 is 1.85 bits per heavy atom. The quantitative estimate of drug-likeness (QED) is 0.266. The van der Waals surface area contributed by atoms with Crippen LogP contribution in [0.3, 0.4) is 0 Å². The van der Waals surface area contributed by atoms with Gasteiger partial charge >= 0.3 is 0 Å². The summed E-state index contributed by atoms with van der Waals surface area (Å²) in [5, 5.41) is 0.0809. The highest BCUT2D eigenvalue weighted by molar-refractivity contribution is 7.89. The molecular formula is C30H28ClFN4O2S. The monoisotopic (exact) mass is 562 g/mol. The van der Waals surface area contributed by atoms with Gasteiger partial charge in [0.25, 0.3) is 0 Å². The standard InChI is InChI=1S/C30H28ClFN4O2S/c1-20(17-21-3-6-25(7-4-21)39(37,38)33-2)36-15-11-22(12-16-36)26-19-35-30(24-5-8-28(32)27(31)18-24)29(26)23-9-13-34-14-10-23/h3-11,13-14,17-19,33,35H,12,15-16H2,1-2H3. The van der Waals surface area contributed by atoms with Crippen molar-refractivity contribution >= 4 is 33.3 Å². The van der Waals surface area contributed by atoms with Crippen LogP contribution in [0.1, 0.15) is 24.5 Å². The zero-order valence-electron chi connectivity index (χ0n) is 21.6. The average molecular weight is 563 g/mol. The molecule has 0 saturated heterocycles. The Morgan fingerprint density at radius 3 is 2.49 bits per heavy atom. The first-order chi connectivity index (χ1) is 18.8. The van der Waals surface area contributed by atoms with Gasteiger partial charge in [-0.3, -0.25) is 4.98 Å². The van der Waals surface area contributed by atoms with Gasteiger partial charge in [-0.2, -0.15) is 0 Å². The van der Waals surface area contributed by atoms with Crippen molar-refractivity contribution < 1.29 is 12.8 Å². The van der Waals surface area contributed by atoms with Crippen molar-refractivity contribution in [3.63, 3.8) is 0 Å². The molecule has 3 heterocycles. The Hall–Kier alpha value is -3.72. The minimum Gasteiger partial charge on any atom is -0.371 e. The van der Waals surface area contributed by atoms with E-state index in [1.54, 1.807) is 36.7 Å². The number of aromatic amines is 1. The Labute approximate surface area is 232 Å². The van der Waals surface area contributed by atoms with Crippen LogP contribution in [0.15, 0.2) is 89.9 Å². The van der Waals surface area contributed by atoms with E-state index in [2.05, 4.69) is 38.7 Å². The molecule has 2 aromatic carbocycles. The van der Waals surface area contributed by atoms with Crippen LogP contribution in [0, 0.1) is 5.82 Å². The minimum atomic E-state index is -3.46. The van der Waals surface area contributed by atoms with E-state index >= 15 is 0 Å². The highest BCUT2D eigenvalue weighted by atomic mass is 35.5. The number of hydrogen-bond donors (Lipinski definition) is 2. The maximum absolute atomic E-state index is 13.9. The minimum absolute atomic E-state index is 0.0809. The third-order valence-electron chi connectivity index (χ3n) is 6.95. The van der Waals surface area contributed by atoms with E-state index in [4.69, 9.17) is 11.6 Å². The number of benzene rings is 2. The Kier molecular flexibility index (Phi) is 7.70. The van der Waals surface area contributed by atoms with Crippen molar-refractivity contribution in [1.29, 1.82) is 0 Å². The number of rotatable bonds is 7. The fourth-order valence-electron chi connectivity index (χ4n) is 4.80. The molecule has 4 aromatic rings. The van der Waals surface area contributed by atoms with Gasteiger partial charge < -0.3 is 9.88 Å². The average Bonchev–Trinajstić information content (AvgIpc) is 3.40. The normalized spacial score (nSPS) is 14.4. The van der Waals surface area contributed by atoms with Crippen molar-refractivity contribution in [1.82, 2.24) is 19.6 Å². The van der Waals surface area contributed by atoms with E-state index < -0.39 is 15.8 Å². The molecule has 200 valence electrons. The van der Waals surface area contributed by atoms with Gasteiger partial charge in [0, 0.05) is 54.1 Å². The molecule has 5 rings (SSSR count). The van der Waals surface area contributed by atoms with Gasteiger partial charge in [0.1, 0.15) is 5.82 Å². The topological polar surface area (TPSA) is 78.1 Å². The largest absolute Gasteiger partial charge is 0.371 e. The van der Waals surface area contributed by atoms with Crippen LogP contribution in [0.25, 0.3) is 34.0 Å². The second-order valence-corrected chi connectivity index (χ2v) is 11.6. The number of halogens is 2. The first-order valence-electron chi connectivity index (χ1n) is 12.5. The molecule has 2 aromatic heterocycles. The van der Waals surface area contributed by atoms with Crippen LogP contribution in [-0.4, -0.2) is 43.4 Å². The molecule has 0 saturated carbocycles. The van der Waals surface area contributed by atoms with Crippen LogP contribution < -0.4 is 4.72 Å². The van der Waals surface area contributed by atoms with Gasteiger partial charge in [-0.25, -0.2) is 17.5 Å². The van der Waals surface area contributed by atoms with Crippen LogP contribution in [0.4, 0.5) is 4.39 Å². The summed E-state index contributed by atoms with van der Waals surface area (Å²) in [5.74, 6) is -0.449. The molecule has 0 atom stereocenters. The van der Waals surface area contributed by atoms with E-state index in [0.717, 1.165) is 58.7 Å². The molecule has 1 aliphatic rings. The molecule has 0 amide bonds. The Balaban J connectivity index is 1.42. The summed E-state index contributed by atoms with van der Waals surface area (Å²) >= 11 is 6.10. The maximum atomic E-state index is 13.9. The molecule has 39 heavy (non-hydrogen) atoms. The predicted octanol–water partition coefficient (Wildman–Crippen LogP) is 6.59. The second-order valence-electron chi connectivity index (χ2n) is 9.30. The number of pyridine rings is 1. The number of nitrogens with zero attached hydrogens (tertiary/aromatic N) is 2. The molecule has 0 fully saturated rings. The summed E-state index contributed by atoms with van der Waals surface area (Å²) in [4.78, 5) is 10.1. The summed E-state index contributed by atoms with van der Waals surface area (Å²) in [6.45, 7) is 3.63. The maximum Gasteiger partial charge on any atom is 0.240 e. The van der Waals surface area contributed by atoms with Crippen molar-refractivity contribution in [2.45, 2.75) is 18.2 Å². The lowest BCUT2D eigenvalue weighted by molar-refractivity contribution is 0.383. The van der Waals surface area contributed by atoms with Gasteiger partial charge in [-0.15, -0.1) is 0 Å². The molecule has 0 aliphatic carbocycles. The number of hydrogen-bond acceptors (Lipinski definition) is 4. The van der Waals surface area contributed by atoms with Gasteiger partial charge in [0.15, 0.2) is 0 Å². The zero-order valence-corrected chi connectivity index (χ0v) is 23.2. The molecule has 0 bridgehead atoms. The summed E-state index contributed by atoms with van der Waals surface area (Å²) in [6.07, 6.45) is 10.7.